The molecule has 17 heavy (non-hydrogen) atoms. The van der Waals surface area contributed by atoms with E-state index in [4.69, 9.17) is 4.84 Å². The average Bonchev–Trinajstić information content (AvgIpc) is 2.30. The maximum atomic E-state index is 13.3. The van der Waals surface area contributed by atoms with Crippen molar-refractivity contribution >= 4 is 11.6 Å². The monoisotopic (exact) mass is 242 g/mol. The Morgan fingerprint density at radius 3 is 2.88 bits per heavy atom. The second-order valence-electron chi connectivity index (χ2n) is 3.16. The zero-order valence-corrected chi connectivity index (χ0v) is 9.10. The molecule has 0 spiro atoms. The molecule has 1 aromatic carbocycles. The van der Waals surface area contributed by atoms with Gasteiger partial charge in [-0.15, -0.1) is 0 Å². The number of hydrogen-bond donors (Lipinski definition) is 1. The van der Waals surface area contributed by atoms with Crippen molar-refractivity contribution in [3.05, 3.63) is 39.7 Å². The molecule has 7 heteroatoms. The minimum Gasteiger partial charge on any atom is -0.273 e. The van der Waals surface area contributed by atoms with E-state index in [0.717, 1.165) is 6.07 Å². The van der Waals surface area contributed by atoms with E-state index in [2.05, 4.69) is 0 Å². The molecule has 0 fully saturated rings. The van der Waals surface area contributed by atoms with Gasteiger partial charge in [0.25, 0.3) is 5.69 Å². The van der Waals surface area contributed by atoms with Crippen LogP contribution in [-0.4, -0.2) is 10.8 Å². The molecule has 1 rings (SSSR count). The van der Waals surface area contributed by atoms with Crippen LogP contribution < -0.4 is 5.48 Å². The standard InChI is InChI=1S/C10H11FN2O4/c1-2-10(14)12-17-6-7-8(11)4-3-5-9(7)13(15)16/h3-5H,2,6H2,1H3,(H,12,14). The van der Waals surface area contributed by atoms with Crippen LogP contribution in [-0.2, 0) is 16.2 Å². The third kappa shape index (κ3) is 3.49. The molecule has 1 aromatic rings. The number of carbonyl (C=O) groups excluding carboxylic acids is 1. The first-order valence-corrected chi connectivity index (χ1v) is 4.88. The molecule has 0 bridgehead atoms. The summed E-state index contributed by atoms with van der Waals surface area (Å²) >= 11 is 0. The van der Waals surface area contributed by atoms with E-state index in [1.807, 2.05) is 5.48 Å². The van der Waals surface area contributed by atoms with Gasteiger partial charge in [-0.25, -0.2) is 9.87 Å². The summed E-state index contributed by atoms with van der Waals surface area (Å²) in [6.07, 6.45) is 0.208. The third-order valence-corrected chi connectivity index (χ3v) is 2.01. The van der Waals surface area contributed by atoms with Gasteiger partial charge in [-0.3, -0.25) is 19.7 Å². The predicted octanol–water partition coefficient (Wildman–Crippen LogP) is 1.69. The minimum atomic E-state index is -0.745. The van der Waals surface area contributed by atoms with Crippen LogP contribution in [0.4, 0.5) is 10.1 Å². The lowest BCUT2D eigenvalue weighted by Crippen LogP contribution is -2.22. The van der Waals surface area contributed by atoms with Crippen LogP contribution in [0.3, 0.4) is 0 Å². The summed E-state index contributed by atoms with van der Waals surface area (Å²) < 4.78 is 13.3. The summed E-state index contributed by atoms with van der Waals surface area (Å²) in [7, 11) is 0. The van der Waals surface area contributed by atoms with Crippen LogP contribution in [0.25, 0.3) is 0 Å². The number of carbonyl (C=O) groups is 1. The highest BCUT2D eigenvalue weighted by Crippen LogP contribution is 2.21. The van der Waals surface area contributed by atoms with Crippen molar-refractivity contribution in [1.82, 2.24) is 5.48 Å². The fourth-order valence-electron chi connectivity index (χ4n) is 1.12. The van der Waals surface area contributed by atoms with Crippen LogP contribution >= 0.6 is 0 Å². The highest BCUT2D eigenvalue weighted by atomic mass is 19.1. The number of hydroxylamine groups is 1. The van der Waals surface area contributed by atoms with Gasteiger partial charge in [-0.05, 0) is 6.07 Å². The van der Waals surface area contributed by atoms with Crippen LogP contribution in [0.1, 0.15) is 18.9 Å². The lowest BCUT2D eigenvalue weighted by molar-refractivity contribution is -0.386. The Kier molecular flexibility index (Phi) is 4.53. The van der Waals surface area contributed by atoms with Crippen molar-refractivity contribution in [2.75, 3.05) is 0 Å². The number of nitrogens with zero attached hydrogens (tertiary/aromatic N) is 1. The van der Waals surface area contributed by atoms with Crippen LogP contribution in [0, 0.1) is 15.9 Å². The molecule has 0 aromatic heterocycles. The number of nitro groups is 1. The van der Waals surface area contributed by atoms with Crippen molar-refractivity contribution in [3.63, 3.8) is 0 Å². The van der Waals surface area contributed by atoms with Gasteiger partial charge in [0.1, 0.15) is 12.4 Å². The lowest BCUT2D eigenvalue weighted by Gasteiger charge is -2.06. The Morgan fingerprint density at radius 2 is 2.29 bits per heavy atom. The number of nitrogens with one attached hydrogen (secondary N) is 1. The number of nitro benzene ring substituents is 1. The van der Waals surface area contributed by atoms with E-state index in [0.29, 0.717) is 0 Å². The normalized spacial score (nSPS) is 10.0. The number of rotatable bonds is 5. The summed E-state index contributed by atoms with van der Waals surface area (Å²) in [5.41, 5.74) is 1.47. The topological polar surface area (TPSA) is 81.5 Å². The highest BCUT2D eigenvalue weighted by molar-refractivity contribution is 5.74. The van der Waals surface area contributed by atoms with Crippen molar-refractivity contribution in [3.8, 4) is 0 Å². The van der Waals surface area contributed by atoms with Crippen LogP contribution in [0.2, 0.25) is 0 Å². The average molecular weight is 242 g/mol. The van der Waals surface area contributed by atoms with E-state index in [-0.39, 0.29) is 23.6 Å². The van der Waals surface area contributed by atoms with Crippen molar-refractivity contribution < 1.29 is 18.9 Å². The SMILES string of the molecule is CCC(=O)NOCc1c(F)cccc1[N+](=O)[O-]. The maximum absolute atomic E-state index is 13.3. The van der Waals surface area contributed by atoms with E-state index in [1.54, 1.807) is 6.92 Å². The molecule has 6 nitrogen and oxygen atoms in total. The van der Waals surface area contributed by atoms with Gasteiger partial charge in [-0.2, -0.15) is 0 Å². The Morgan fingerprint density at radius 1 is 1.59 bits per heavy atom. The van der Waals surface area contributed by atoms with Gasteiger partial charge in [-0.1, -0.05) is 13.0 Å². The van der Waals surface area contributed by atoms with E-state index >= 15 is 0 Å². The number of benzene rings is 1. The van der Waals surface area contributed by atoms with Gasteiger partial charge in [0.05, 0.1) is 10.5 Å². The summed E-state index contributed by atoms with van der Waals surface area (Å²) in [5.74, 6) is -1.13. The largest absolute Gasteiger partial charge is 0.277 e. The van der Waals surface area contributed by atoms with Gasteiger partial charge in [0.15, 0.2) is 0 Å². The Hall–Kier alpha value is -2.02. The summed E-state index contributed by atoms with van der Waals surface area (Å²) in [6, 6.07) is 3.50. The van der Waals surface area contributed by atoms with Crippen molar-refractivity contribution in [1.29, 1.82) is 0 Å². The first-order chi connectivity index (χ1) is 8.06. The van der Waals surface area contributed by atoms with Gasteiger partial charge in [0.2, 0.25) is 5.91 Å². The van der Waals surface area contributed by atoms with E-state index in [1.165, 1.54) is 12.1 Å². The zero-order chi connectivity index (χ0) is 12.8. The van der Waals surface area contributed by atoms with E-state index < -0.39 is 17.3 Å². The summed E-state index contributed by atoms with van der Waals surface area (Å²) in [4.78, 5) is 25.5. The molecule has 0 radical (unpaired) electrons. The molecular weight excluding hydrogens is 231 g/mol. The van der Waals surface area contributed by atoms with Gasteiger partial charge in [0, 0.05) is 12.5 Å². The molecule has 0 saturated carbocycles. The fourth-order valence-corrected chi connectivity index (χ4v) is 1.12. The number of hydrogen-bond acceptors (Lipinski definition) is 4. The summed E-state index contributed by atoms with van der Waals surface area (Å²) in [5, 5.41) is 10.6. The molecule has 0 heterocycles. The second kappa shape index (κ2) is 5.90. The van der Waals surface area contributed by atoms with Crippen LogP contribution in [0.15, 0.2) is 18.2 Å². The molecular formula is C10H11FN2O4. The molecule has 0 aliphatic rings. The predicted molar refractivity (Wildman–Crippen MR) is 56.3 cm³/mol. The maximum Gasteiger partial charge on any atom is 0.277 e. The minimum absolute atomic E-state index is 0.200. The van der Waals surface area contributed by atoms with Gasteiger partial charge < -0.3 is 0 Å². The lowest BCUT2D eigenvalue weighted by atomic mass is 10.2. The molecule has 0 atom stereocenters. The van der Waals surface area contributed by atoms with Crippen molar-refractivity contribution in [2.45, 2.75) is 20.0 Å². The second-order valence-corrected chi connectivity index (χ2v) is 3.16. The molecule has 92 valence electrons. The van der Waals surface area contributed by atoms with Gasteiger partial charge >= 0.3 is 0 Å². The molecule has 0 saturated heterocycles. The number of amides is 1. The Balaban J connectivity index is 2.76. The smallest absolute Gasteiger partial charge is 0.273 e. The summed E-state index contributed by atoms with van der Waals surface area (Å²) in [6.45, 7) is 1.22. The van der Waals surface area contributed by atoms with Crippen LogP contribution in [0.5, 0.6) is 0 Å². The third-order valence-electron chi connectivity index (χ3n) is 2.01. The Bertz CT molecular complexity index is 436. The Labute approximate surface area is 96.5 Å². The molecule has 1 amide bonds. The molecule has 0 unspecified atom stereocenters. The first-order valence-electron chi connectivity index (χ1n) is 4.88. The van der Waals surface area contributed by atoms with Crippen molar-refractivity contribution in [2.24, 2.45) is 0 Å². The molecule has 0 aliphatic carbocycles. The molecule has 1 N–H and O–H groups in total. The fraction of sp³-hybridized carbons (Fsp3) is 0.300. The quantitative estimate of drug-likeness (QED) is 0.629. The zero-order valence-electron chi connectivity index (χ0n) is 9.10. The first kappa shape index (κ1) is 13.0. The molecule has 0 aliphatic heterocycles. The highest BCUT2D eigenvalue weighted by Gasteiger charge is 2.17. The number of halogens is 1. The van der Waals surface area contributed by atoms with E-state index in [9.17, 15) is 19.3 Å².